The first kappa shape index (κ1) is 14.1. The monoisotopic (exact) mass is 307 g/mol. The molecule has 0 bridgehead atoms. The molecule has 0 spiro atoms. The van der Waals surface area contributed by atoms with Crippen LogP contribution in [0.1, 0.15) is 25.0 Å². The molecule has 0 unspecified atom stereocenters. The molecule has 2 heterocycles. The lowest BCUT2D eigenvalue weighted by Gasteiger charge is -2.25. The summed E-state index contributed by atoms with van der Waals surface area (Å²) in [6.45, 7) is 1.30. The van der Waals surface area contributed by atoms with Gasteiger partial charge in [-0.15, -0.1) is 0 Å². The summed E-state index contributed by atoms with van der Waals surface area (Å²) in [6, 6.07) is 0. The molecule has 0 atom stereocenters. The fraction of sp³-hybridized carbons (Fsp3) is 0.500. The van der Waals surface area contributed by atoms with Gasteiger partial charge in [0.15, 0.2) is 0 Å². The molecule has 3 rings (SSSR count). The molecule has 112 valence electrons. The van der Waals surface area contributed by atoms with Gasteiger partial charge in [-0.25, -0.2) is 9.67 Å². The van der Waals surface area contributed by atoms with Gasteiger partial charge in [-0.1, -0.05) is 18.0 Å². The van der Waals surface area contributed by atoms with Crippen LogP contribution in [0.3, 0.4) is 0 Å². The molecule has 0 aromatic carbocycles. The molecule has 1 fully saturated rings. The van der Waals surface area contributed by atoms with Gasteiger partial charge >= 0.3 is 0 Å². The van der Waals surface area contributed by atoms with E-state index in [9.17, 15) is 4.79 Å². The number of imidazole rings is 1. The van der Waals surface area contributed by atoms with Crippen molar-refractivity contribution in [3.8, 4) is 0 Å². The number of halogens is 1. The Labute approximate surface area is 127 Å². The van der Waals surface area contributed by atoms with Crippen LogP contribution in [0.25, 0.3) is 0 Å². The van der Waals surface area contributed by atoms with Gasteiger partial charge in [-0.05, 0) is 18.8 Å². The molecule has 1 aliphatic rings. The second-order valence-corrected chi connectivity index (χ2v) is 5.81. The zero-order valence-electron chi connectivity index (χ0n) is 11.7. The number of rotatable bonds is 6. The normalized spacial score (nSPS) is 14.9. The van der Waals surface area contributed by atoms with Crippen molar-refractivity contribution in [3.63, 3.8) is 0 Å². The fourth-order valence-electron chi connectivity index (χ4n) is 2.42. The molecule has 21 heavy (non-hydrogen) atoms. The van der Waals surface area contributed by atoms with Gasteiger partial charge in [-0.3, -0.25) is 4.79 Å². The maximum atomic E-state index is 12.4. The maximum absolute atomic E-state index is 12.4. The molecule has 0 amide bonds. The quantitative estimate of drug-likeness (QED) is 0.856. The van der Waals surface area contributed by atoms with Crippen molar-refractivity contribution in [2.45, 2.75) is 32.2 Å². The van der Waals surface area contributed by atoms with Crippen LogP contribution in [-0.2, 0) is 13.0 Å². The molecule has 2 aromatic heterocycles. The summed E-state index contributed by atoms with van der Waals surface area (Å²) in [7, 11) is 0. The fourth-order valence-corrected chi connectivity index (χ4v) is 2.61. The lowest BCUT2D eigenvalue weighted by molar-refractivity contribution is 0.262. The smallest absolute Gasteiger partial charge is 0.291 e. The van der Waals surface area contributed by atoms with Crippen molar-refractivity contribution in [3.05, 3.63) is 39.8 Å². The van der Waals surface area contributed by atoms with E-state index in [0.29, 0.717) is 29.7 Å². The van der Waals surface area contributed by atoms with Crippen molar-refractivity contribution in [1.29, 1.82) is 0 Å². The molecule has 1 aliphatic carbocycles. The maximum Gasteiger partial charge on any atom is 0.291 e. The van der Waals surface area contributed by atoms with Crippen molar-refractivity contribution in [1.82, 2.24) is 19.7 Å². The van der Waals surface area contributed by atoms with E-state index in [2.05, 4.69) is 20.4 Å². The zero-order chi connectivity index (χ0) is 14.7. The first-order chi connectivity index (χ1) is 10.2. The predicted molar refractivity (Wildman–Crippen MR) is 81.6 cm³/mol. The molecule has 0 aliphatic heterocycles. The van der Waals surface area contributed by atoms with Gasteiger partial charge < -0.3 is 10.3 Å². The standard InChI is InChI=1S/C14H18ClN5O/c15-12-7-19-20(8-10-2-1-3-10)14(21)13(12)17-5-4-11-6-16-9-18-11/h6-7,9-10,17H,1-5,8H2,(H,16,18). The summed E-state index contributed by atoms with van der Waals surface area (Å²) in [5.74, 6) is 0.578. The van der Waals surface area contributed by atoms with Gasteiger partial charge in [-0.2, -0.15) is 5.10 Å². The van der Waals surface area contributed by atoms with E-state index >= 15 is 0 Å². The van der Waals surface area contributed by atoms with Gasteiger partial charge in [0.2, 0.25) is 0 Å². The summed E-state index contributed by atoms with van der Waals surface area (Å²) < 4.78 is 1.52. The molecule has 6 nitrogen and oxygen atoms in total. The minimum Gasteiger partial charge on any atom is -0.379 e. The lowest BCUT2D eigenvalue weighted by Crippen LogP contribution is -2.31. The van der Waals surface area contributed by atoms with E-state index in [1.165, 1.54) is 23.9 Å². The van der Waals surface area contributed by atoms with Gasteiger partial charge in [0.1, 0.15) is 5.69 Å². The van der Waals surface area contributed by atoms with Crippen molar-refractivity contribution < 1.29 is 0 Å². The Bertz CT molecular complexity index is 648. The van der Waals surface area contributed by atoms with Crippen LogP contribution in [0.15, 0.2) is 23.5 Å². The molecule has 2 aromatic rings. The molecule has 7 heteroatoms. The first-order valence-corrected chi connectivity index (χ1v) is 7.58. The highest BCUT2D eigenvalue weighted by Gasteiger charge is 2.20. The van der Waals surface area contributed by atoms with Crippen LogP contribution in [0.2, 0.25) is 5.02 Å². The van der Waals surface area contributed by atoms with Crippen LogP contribution >= 0.6 is 11.6 Å². The molecule has 0 saturated heterocycles. The number of anilines is 1. The highest BCUT2D eigenvalue weighted by molar-refractivity contribution is 6.32. The third-order valence-electron chi connectivity index (χ3n) is 3.90. The number of nitrogens with zero attached hydrogens (tertiary/aromatic N) is 3. The van der Waals surface area contributed by atoms with E-state index in [1.807, 2.05) is 0 Å². The summed E-state index contributed by atoms with van der Waals surface area (Å²) in [6.07, 6.45) is 9.31. The number of nitrogens with one attached hydrogen (secondary N) is 2. The van der Waals surface area contributed by atoms with Gasteiger partial charge in [0.05, 0.1) is 17.5 Å². The summed E-state index contributed by atoms with van der Waals surface area (Å²) in [4.78, 5) is 19.4. The molecular formula is C14H18ClN5O. The van der Waals surface area contributed by atoms with Crippen LogP contribution < -0.4 is 10.9 Å². The van der Waals surface area contributed by atoms with Crippen LogP contribution in [0, 0.1) is 5.92 Å². The molecular weight excluding hydrogens is 290 g/mol. The zero-order valence-corrected chi connectivity index (χ0v) is 12.4. The van der Waals surface area contributed by atoms with Gasteiger partial charge in [0.25, 0.3) is 5.56 Å². The third-order valence-corrected chi connectivity index (χ3v) is 4.19. The van der Waals surface area contributed by atoms with E-state index in [4.69, 9.17) is 11.6 Å². The second kappa shape index (κ2) is 6.30. The Hall–Kier alpha value is -1.82. The van der Waals surface area contributed by atoms with Crippen molar-refractivity contribution in [2.75, 3.05) is 11.9 Å². The van der Waals surface area contributed by atoms with Crippen LogP contribution in [0.5, 0.6) is 0 Å². The van der Waals surface area contributed by atoms with Gasteiger partial charge in [0, 0.05) is 31.4 Å². The first-order valence-electron chi connectivity index (χ1n) is 7.21. The van der Waals surface area contributed by atoms with E-state index in [-0.39, 0.29) is 5.56 Å². The number of aromatic nitrogens is 4. The number of H-pyrrole nitrogens is 1. The second-order valence-electron chi connectivity index (χ2n) is 5.41. The Kier molecular flexibility index (Phi) is 4.24. The Balaban J connectivity index is 1.67. The van der Waals surface area contributed by atoms with E-state index in [1.54, 1.807) is 18.7 Å². The average molecular weight is 308 g/mol. The van der Waals surface area contributed by atoms with Crippen LogP contribution in [0.4, 0.5) is 5.69 Å². The SMILES string of the molecule is O=c1c(NCCc2cnc[nH]2)c(Cl)cnn1CC1CCC1. The number of hydrogen-bond acceptors (Lipinski definition) is 4. The highest BCUT2D eigenvalue weighted by Crippen LogP contribution is 2.27. The van der Waals surface area contributed by atoms with Crippen molar-refractivity contribution >= 4 is 17.3 Å². The predicted octanol–water partition coefficient (Wildman–Crippen LogP) is 2.07. The van der Waals surface area contributed by atoms with E-state index < -0.39 is 0 Å². The third kappa shape index (κ3) is 3.26. The Morgan fingerprint density at radius 1 is 1.43 bits per heavy atom. The lowest BCUT2D eigenvalue weighted by atomic mass is 9.85. The van der Waals surface area contributed by atoms with Crippen LogP contribution in [-0.4, -0.2) is 26.3 Å². The van der Waals surface area contributed by atoms with E-state index in [0.717, 1.165) is 12.1 Å². The molecule has 0 radical (unpaired) electrons. The Morgan fingerprint density at radius 2 is 2.29 bits per heavy atom. The largest absolute Gasteiger partial charge is 0.379 e. The number of aromatic amines is 1. The minimum absolute atomic E-state index is 0.140. The Morgan fingerprint density at radius 3 is 2.95 bits per heavy atom. The molecule has 1 saturated carbocycles. The summed E-state index contributed by atoms with van der Waals surface area (Å²) in [5, 5.41) is 7.62. The average Bonchev–Trinajstić information content (AvgIpc) is 2.93. The minimum atomic E-state index is -0.140. The summed E-state index contributed by atoms with van der Waals surface area (Å²) in [5.41, 5.74) is 1.31. The summed E-state index contributed by atoms with van der Waals surface area (Å²) >= 11 is 6.09. The molecule has 2 N–H and O–H groups in total. The number of hydrogen-bond donors (Lipinski definition) is 2. The highest BCUT2D eigenvalue weighted by atomic mass is 35.5. The van der Waals surface area contributed by atoms with Crippen molar-refractivity contribution in [2.24, 2.45) is 5.92 Å². The topological polar surface area (TPSA) is 75.6 Å².